The fraction of sp³-hybridized carbons (Fsp3) is 0.450. The van der Waals surface area contributed by atoms with Crippen LogP contribution in [0.2, 0.25) is 0 Å². The van der Waals surface area contributed by atoms with Gasteiger partial charge < -0.3 is 10.2 Å². The smallest absolute Gasteiger partial charge is 0.285 e. The van der Waals surface area contributed by atoms with Crippen LogP contribution in [0.1, 0.15) is 30.4 Å². The molecule has 0 radical (unpaired) electrons. The molecule has 154 valence electrons. The molecule has 2 aromatic rings. The number of likely N-dealkylation sites (tertiary alicyclic amines) is 1. The van der Waals surface area contributed by atoms with Gasteiger partial charge >= 0.3 is 0 Å². The topological polar surface area (TPSA) is 96.7 Å². The van der Waals surface area contributed by atoms with E-state index in [0.717, 1.165) is 31.2 Å². The van der Waals surface area contributed by atoms with Crippen LogP contribution in [0.5, 0.6) is 0 Å². The highest BCUT2D eigenvalue weighted by Crippen LogP contribution is 2.29. The van der Waals surface area contributed by atoms with Gasteiger partial charge in [-0.1, -0.05) is 12.1 Å². The van der Waals surface area contributed by atoms with Crippen LogP contribution in [-0.4, -0.2) is 54.5 Å². The molecule has 2 aliphatic rings. The summed E-state index contributed by atoms with van der Waals surface area (Å²) in [5.74, 6) is 0.325. The van der Waals surface area contributed by atoms with E-state index in [1.807, 2.05) is 30.4 Å². The number of carbonyl (C=O) groups is 1. The maximum atomic E-state index is 12.6. The van der Waals surface area contributed by atoms with Crippen LogP contribution in [0.15, 0.2) is 46.0 Å². The molecule has 1 atom stereocenters. The second-order valence-electron chi connectivity index (χ2n) is 7.59. The summed E-state index contributed by atoms with van der Waals surface area (Å²) in [5.41, 5.74) is 1.79. The minimum absolute atomic E-state index is 0.0237. The van der Waals surface area contributed by atoms with Gasteiger partial charge in [-0.2, -0.15) is 13.5 Å². The van der Waals surface area contributed by atoms with Gasteiger partial charge in [0.25, 0.3) is 10.0 Å². The van der Waals surface area contributed by atoms with Crippen molar-refractivity contribution >= 4 is 21.8 Å². The summed E-state index contributed by atoms with van der Waals surface area (Å²) in [6.45, 7) is 1.80. The highest BCUT2D eigenvalue weighted by Gasteiger charge is 2.35. The molecule has 9 heteroatoms. The first-order valence-corrected chi connectivity index (χ1v) is 11.3. The van der Waals surface area contributed by atoms with Crippen molar-refractivity contribution < 1.29 is 13.2 Å². The summed E-state index contributed by atoms with van der Waals surface area (Å²) in [6.07, 6.45) is 7.17. The summed E-state index contributed by atoms with van der Waals surface area (Å²) in [5, 5.41) is 7.17. The Labute approximate surface area is 170 Å². The number of hydrogen-bond acceptors (Lipinski definition) is 5. The lowest BCUT2D eigenvalue weighted by Gasteiger charge is -2.33. The Bertz CT molecular complexity index is 1040. The molecule has 1 saturated heterocycles. The molecule has 1 unspecified atom stereocenters. The number of amidine groups is 1. The van der Waals surface area contributed by atoms with Crippen molar-refractivity contribution in [1.82, 2.24) is 20.0 Å². The normalized spacial score (nSPS) is 20.2. The third-order valence-electron chi connectivity index (χ3n) is 5.40. The fourth-order valence-electron chi connectivity index (χ4n) is 3.95. The van der Waals surface area contributed by atoms with E-state index in [1.165, 1.54) is 0 Å². The summed E-state index contributed by atoms with van der Waals surface area (Å²) < 4.78 is 30.4. The molecule has 0 spiro atoms. The van der Waals surface area contributed by atoms with Crippen LogP contribution in [0.25, 0.3) is 0 Å². The first-order chi connectivity index (χ1) is 13.9. The Morgan fingerprint density at radius 3 is 2.93 bits per heavy atom. The SMILES string of the molecule is Cn1cc(CCCNC(=O)C2CCCN(C3=NS(=O)(=O)c4ccccc43)C2)cn1. The zero-order chi connectivity index (χ0) is 20.4. The van der Waals surface area contributed by atoms with Crippen molar-refractivity contribution in [1.29, 1.82) is 0 Å². The van der Waals surface area contributed by atoms with Crippen LogP contribution >= 0.6 is 0 Å². The number of nitrogens with zero attached hydrogens (tertiary/aromatic N) is 4. The van der Waals surface area contributed by atoms with Crippen molar-refractivity contribution in [2.45, 2.75) is 30.6 Å². The Morgan fingerprint density at radius 2 is 2.14 bits per heavy atom. The number of fused-ring (bicyclic) bond motifs is 1. The van der Waals surface area contributed by atoms with Gasteiger partial charge in [-0.3, -0.25) is 9.48 Å². The first-order valence-electron chi connectivity index (χ1n) is 9.88. The van der Waals surface area contributed by atoms with Gasteiger partial charge in [0.2, 0.25) is 5.91 Å². The van der Waals surface area contributed by atoms with E-state index in [0.29, 0.717) is 31.0 Å². The zero-order valence-corrected chi connectivity index (χ0v) is 17.2. The van der Waals surface area contributed by atoms with Crippen molar-refractivity contribution in [3.8, 4) is 0 Å². The minimum atomic E-state index is -3.65. The van der Waals surface area contributed by atoms with Crippen molar-refractivity contribution in [2.75, 3.05) is 19.6 Å². The van der Waals surface area contributed by atoms with Gasteiger partial charge in [0.15, 0.2) is 5.84 Å². The van der Waals surface area contributed by atoms with Crippen LogP contribution in [0.3, 0.4) is 0 Å². The fourth-order valence-corrected chi connectivity index (χ4v) is 5.18. The predicted molar refractivity (Wildman–Crippen MR) is 109 cm³/mol. The molecule has 1 fully saturated rings. The van der Waals surface area contributed by atoms with Crippen molar-refractivity contribution in [3.63, 3.8) is 0 Å². The van der Waals surface area contributed by atoms with E-state index >= 15 is 0 Å². The Hall–Kier alpha value is -2.68. The Morgan fingerprint density at radius 1 is 1.31 bits per heavy atom. The Balaban J connectivity index is 1.34. The third-order valence-corrected chi connectivity index (χ3v) is 6.73. The van der Waals surface area contributed by atoms with Crippen LogP contribution in [0.4, 0.5) is 0 Å². The van der Waals surface area contributed by atoms with Gasteiger partial charge in [-0.15, -0.1) is 4.40 Å². The number of aryl methyl sites for hydroxylation is 2. The molecular formula is C20H25N5O3S. The van der Waals surface area contributed by atoms with Crippen LogP contribution in [0, 0.1) is 5.92 Å². The van der Waals surface area contributed by atoms with Crippen molar-refractivity contribution in [3.05, 3.63) is 47.8 Å². The van der Waals surface area contributed by atoms with E-state index in [2.05, 4.69) is 14.8 Å². The van der Waals surface area contributed by atoms with Gasteiger partial charge in [-0.25, -0.2) is 0 Å². The molecule has 29 heavy (non-hydrogen) atoms. The second kappa shape index (κ2) is 7.98. The number of piperidine rings is 1. The summed E-state index contributed by atoms with van der Waals surface area (Å²) in [7, 11) is -1.76. The summed E-state index contributed by atoms with van der Waals surface area (Å²) >= 11 is 0. The summed E-state index contributed by atoms with van der Waals surface area (Å²) in [4.78, 5) is 14.8. The number of benzene rings is 1. The highest BCUT2D eigenvalue weighted by molar-refractivity contribution is 7.90. The largest absolute Gasteiger partial charge is 0.356 e. The number of carbonyl (C=O) groups excluding carboxylic acids is 1. The van der Waals surface area contributed by atoms with Gasteiger partial charge in [-0.05, 0) is 43.4 Å². The third kappa shape index (κ3) is 4.19. The molecule has 8 nitrogen and oxygen atoms in total. The molecule has 2 aliphatic heterocycles. The number of rotatable bonds is 5. The van der Waals surface area contributed by atoms with Gasteiger partial charge in [0, 0.05) is 38.4 Å². The predicted octanol–water partition coefficient (Wildman–Crippen LogP) is 1.33. The van der Waals surface area contributed by atoms with Crippen molar-refractivity contribution in [2.24, 2.45) is 17.4 Å². The lowest BCUT2D eigenvalue weighted by molar-refractivity contribution is -0.126. The average Bonchev–Trinajstić information content (AvgIpc) is 3.26. The maximum absolute atomic E-state index is 12.6. The molecule has 0 aliphatic carbocycles. The highest BCUT2D eigenvalue weighted by atomic mass is 32.2. The van der Waals surface area contributed by atoms with E-state index in [-0.39, 0.29) is 16.7 Å². The molecular weight excluding hydrogens is 390 g/mol. The molecule has 0 saturated carbocycles. The van der Waals surface area contributed by atoms with E-state index < -0.39 is 10.0 Å². The average molecular weight is 416 g/mol. The number of amides is 1. The van der Waals surface area contributed by atoms with Gasteiger partial charge in [0.1, 0.15) is 4.90 Å². The zero-order valence-electron chi connectivity index (χ0n) is 16.4. The van der Waals surface area contributed by atoms with Gasteiger partial charge in [0.05, 0.1) is 12.1 Å². The standard InChI is InChI=1S/C20H25N5O3S/c1-24-13-15(12-22-24)6-4-10-21-20(26)16-7-5-11-25(14-16)19-17-8-2-3-9-18(17)29(27,28)23-19/h2-3,8-9,12-13,16H,4-7,10-11,14H2,1H3,(H,21,26). The molecule has 1 aromatic carbocycles. The molecule has 1 aromatic heterocycles. The lowest BCUT2D eigenvalue weighted by atomic mass is 9.96. The van der Waals surface area contributed by atoms with Crippen LogP contribution < -0.4 is 5.32 Å². The number of sulfonamides is 1. The van der Waals surface area contributed by atoms with E-state index in [1.54, 1.807) is 22.9 Å². The number of aromatic nitrogens is 2. The Kier molecular flexibility index (Phi) is 5.40. The number of hydrogen-bond donors (Lipinski definition) is 1. The lowest BCUT2D eigenvalue weighted by Crippen LogP contribution is -2.45. The molecule has 3 heterocycles. The molecule has 1 amide bonds. The quantitative estimate of drug-likeness (QED) is 0.743. The molecule has 0 bridgehead atoms. The van der Waals surface area contributed by atoms with Crippen LogP contribution in [-0.2, 0) is 28.3 Å². The molecule has 1 N–H and O–H groups in total. The maximum Gasteiger partial charge on any atom is 0.285 e. The first kappa shape index (κ1) is 19.6. The van der Waals surface area contributed by atoms with E-state index in [4.69, 9.17) is 0 Å². The van der Waals surface area contributed by atoms with E-state index in [9.17, 15) is 13.2 Å². The minimum Gasteiger partial charge on any atom is -0.356 e. The summed E-state index contributed by atoms with van der Waals surface area (Å²) in [6, 6.07) is 6.87. The molecule has 4 rings (SSSR count). The second-order valence-corrected chi connectivity index (χ2v) is 9.16. The number of nitrogens with one attached hydrogen (secondary N) is 1. The monoisotopic (exact) mass is 415 g/mol.